The van der Waals surface area contributed by atoms with Crippen molar-refractivity contribution in [3.63, 3.8) is 0 Å². The van der Waals surface area contributed by atoms with E-state index in [0.717, 1.165) is 11.3 Å². The molecule has 7 nitrogen and oxygen atoms in total. The van der Waals surface area contributed by atoms with Crippen LogP contribution in [0.1, 0.15) is 12.5 Å². The number of anilines is 2. The first-order valence-corrected chi connectivity index (χ1v) is 9.64. The van der Waals surface area contributed by atoms with Crippen LogP contribution in [0.3, 0.4) is 0 Å². The number of hydrogen-bond acceptors (Lipinski definition) is 4. The van der Waals surface area contributed by atoms with Gasteiger partial charge in [0.05, 0.1) is 12.6 Å². The van der Waals surface area contributed by atoms with E-state index in [1.54, 1.807) is 31.3 Å². The molecule has 29 heavy (non-hydrogen) atoms. The van der Waals surface area contributed by atoms with Crippen LogP contribution in [-0.2, 0) is 20.8 Å². The van der Waals surface area contributed by atoms with Crippen molar-refractivity contribution in [2.45, 2.75) is 19.4 Å². The zero-order chi connectivity index (χ0) is 20.8. The van der Waals surface area contributed by atoms with Crippen molar-refractivity contribution in [2.75, 3.05) is 36.9 Å². The molecule has 1 aliphatic heterocycles. The van der Waals surface area contributed by atoms with Gasteiger partial charge in [-0.3, -0.25) is 19.3 Å². The summed E-state index contributed by atoms with van der Waals surface area (Å²) in [5.41, 5.74) is 2.47. The quantitative estimate of drug-likeness (QED) is 0.781. The molecular formula is C22H26N4O3. The fourth-order valence-electron chi connectivity index (χ4n) is 3.35. The van der Waals surface area contributed by atoms with Gasteiger partial charge in [0.1, 0.15) is 0 Å². The smallest absolute Gasteiger partial charge is 0.238 e. The summed E-state index contributed by atoms with van der Waals surface area (Å²) in [4.78, 5) is 39.8. The van der Waals surface area contributed by atoms with Gasteiger partial charge in [-0.2, -0.15) is 0 Å². The highest BCUT2D eigenvalue weighted by Gasteiger charge is 2.30. The Kier molecular flexibility index (Phi) is 6.61. The number of amides is 3. The summed E-state index contributed by atoms with van der Waals surface area (Å²) in [6.45, 7) is 2.79. The second-order valence-corrected chi connectivity index (χ2v) is 7.14. The number of piperazine rings is 1. The Bertz CT molecular complexity index is 867. The van der Waals surface area contributed by atoms with Crippen LogP contribution in [0.5, 0.6) is 0 Å². The summed E-state index contributed by atoms with van der Waals surface area (Å²) in [6.07, 6.45) is 0.562. The SMILES string of the molecule is CC(=O)N(C)c1ccc(NC(=O)CN2CCNC(=O)[C@@H]2Cc2ccccc2)cc1. The Balaban J connectivity index is 1.62. The van der Waals surface area contributed by atoms with Gasteiger partial charge < -0.3 is 15.5 Å². The number of rotatable bonds is 6. The van der Waals surface area contributed by atoms with Crippen molar-refractivity contribution in [1.82, 2.24) is 10.2 Å². The first-order valence-electron chi connectivity index (χ1n) is 9.64. The molecule has 152 valence electrons. The average Bonchev–Trinajstić information content (AvgIpc) is 2.71. The standard InChI is InChI=1S/C22H26N4O3/c1-16(27)25(2)19-10-8-18(9-11-19)24-21(28)15-26-13-12-23-22(29)20(26)14-17-6-4-3-5-7-17/h3-11,20H,12-15H2,1-2H3,(H,23,29)(H,24,28)/t20-/m0/s1. The van der Waals surface area contributed by atoms with Gasteiger partial charge in [0.2, 0.25) is 17.7 Å². The van der Waals surface area contributed by atoms with Gasteiger partial charge in [0.15, 0.2) is 0 Å². The molecule has 1 aliphatic rings. The van der Waals surface area contributed by atoms with Gasteiger partial charge in [-0.1, -0.05) is 30.3 Å². The monoisotopic (exact) mass is 394 g/mol. The van der Waals surface area contributed by atoms with E-state index in [1.165, 1.54) is 11.8 Å². The topological polar surface area (TPSA) is 81.8 Å². The normalized spacial score (nSPS) is 16.8. The number of hydrogen-bond donors (Lipinski definition) is 2. The molecule has 0 saturated carbocycles. The average molecular weight is 394 g/mol. The fourth-order valence-corrected chi connectivity index (χ4v) is 3.35. The van der Waals surface area contributed by atoms with E-state index < -0.39 is 0 Å². The maximum absolute atomic E-state index is 12.6. The molecule has 3 amide bonds. The van der Waals surface area contributed by atoms with Gasteiger partial charge >= 0.3 is 0 Å². The Hall–Kier alpha value is -3.19. The van der Waals surface area contributed by atoms with Crippen molar-refractivity contribution in [1.29, 1.82) is 0 Å². The molecule has 1 fully saturated rings. The minimum atomic E-state index is -0.372. The summed E-state index contributed by atoms with van der Waals surface area (Å²) in [6, 6.07) is 16.5. The molecule has 0 unspecified atom stereocenters. The van der Waals surface area contributed by atoms with Crippen molar-refractivity contribution in [3.05, 3.63) is 60.2 Å². The number of carbonyl (C=O) groups excluding carboxylic acids is 3. The van der Waals surface area contributed by atoms with Crippen molar-refractivity contribution in [2.24, 2.45) is 0 Å². The second-order valence-electron chi connectivity index (χ2n) is 7.14. The van der Waals surface area contributed by atoms with Gasteiger partial charge in [0.25, 0.3) is 0 Å². The van der Waals surface area contributed by atoms with Crippen LogP contribution >= 0.6 is 0 Å². The molecule has 2 aromatic carbocycles. The van der Waals surface area contributed by atoms with Crippen LogP contribution in [0.2, 0.25) is 0 Å². The third-order valence-corrected chi connectivity index (χ3v) is 5.07. The van der Waals surface area contributed by atoms with E-state index in [0.29, 0.717) is 25.2 Å². The van der Waals surface area contributed by atoms with E-state index in [1.807, 2.05) is 35.2 Å². The summed E-state index contributed by atoms with van der Waals surface area (Å²) < 4.78 is 0. The molecular weight excluding hydrogens is 368 g/mol. The number of nitrogens with one attached hydrogen (secondary N) is 2. The third-order valence-electron chi connectivity index (χ3n) is 5.07. The second kappa shape index (κ2) is 9.34. The minimum Gasteiger partial charge on any atom is -0.353 e. The Morgan fingerprint density at radius 3 is 2.48 bits per heavy atom. The molecule has 1 heterocycles. The zero-order valence-electron chi connectivity index (χ0n) is 16.7. The molecule has 1 saturated heterocycles. The van der Waals surface area contributed by atoms with Crippen molar-refractivity contribution in [3.8, 4) is 0 Å². The van der Waals surface area contributed by atoms with E-state index in [-0.39, 0.29) is 30.3 Å². The molecule has 0 bridgehead atoms. The van der Waals surface area contributed by atoms with Gasteiger partial charge in [-0.25, -0.2) is 0 Å². The molecule has 3 rings (SSSR count). The highest BCUT2D eigenvalue weighted by Crippen LogP contribution is 2.17. The lowest BCUT2D eigenvalue weighted by Crippen LogP contribution is -2.57. The van der Waals surface area contributed by atoms with Gasteiger partial charge in [-0.05, 0) is 36.2 Å². The lowest BCUT2D eigenvalue weighted by molar-refractivity contribution is -0.130. The lowest BCUT2D eigenvalue weighted by Gasteiger charge is -2.34. The first-order chi connectivity index (χ1) is 13.9. The van der Waals surface area contributed by atoms with E-state index in [9.17, 15) is 14.4 Å². The van der Waals surface area contributed by atoms with Gasteiger partial charge in [0, 0.05) is 38.4 Å². The van der Waals surface area contributed by atoms with Gasteiger partial charge in [-0.15, -0.1) is 0 Å². The van der Waals surface area contributed by atoms with Crippen LogP contribution in [0.25, 0.3) is 0 Å². The van der Waals surface area contributed by atoms with Crippen LogP contribution in [0.15, 0.2) is 54.6 Å². The zero-order valence-corrected chi connectivity index (χ0v) is 16.7. The minimum absolute atomic E-state index is 0.0514. The molecule has 0 spiro atoms. The molecule has 1 atom stereocenters. The summed E-state index contributed by atoms with van der Waals surface area (Å²) >= 11 is 0. The maximum Gasteiger partial charge on any atom is 0.238 e. The van der Waals surface area contributed by atoms with E-state index in [4.69, 9.17) is 0 Å². The predicted octanol–water partition coefficient (Wildman–Crippen LogP) is 1.65. The van der Waals surface area contributed by atoms with Crippen LogP contribution in [0, 0.1) is 0 Å². The first kappa shape index (κ1) is 20.5. The largest absolute Gasteiger partial charge is 0.353 e. The third kappa shape index (κ3) is 5.42. The van der Waals surface area contributed by atoms with Crippen LogP contribution < -0.4 is 15.5 Å². The highest BCUT2D eigenvalue weighted by molar-refractivity contribution is 5.94. The Labute approximate surface area is 170 Å². The maximum atomic E-state index is 12.6. The summed E-state index contributed by atoms with van der Waals surface area (Å²) in [7, 11) is 1.70. The molecule has 0 aromatic heterocycles. The Morgan fingerprint density at radius 1 is 1.14 bits per heavy atom. The lowest BCUT2D eigenvalue weighted by atomic mass is 10.0. The van der Waals surface area contributed by atoms with Crippen molar-refractivity contribution < 1.29 is 14.4 Å². The predicted molar refractivity (Wildman–Crippen MR) is 113 cm³/mol. The summed E-state index contributed by atoms with van der Waals surface area (Å²) in [5, 5.41) is 5.75. The summed E-state index contributed by atoms with van der Waals surface area (Å²) in [5.74, 6) is -0.287. The Morgan fingerprint density at radius 2 is 1.83 bits per heavy atom. The number of nitrogens with zero attached hydrogens (tertiary/aromatic N) is 2. The molecule has 2 N–H and O–H groups in total. The molecule has 0 aliphatic carbocycles. The molecule has 2 aromatic rings. The van der Waals surface area contributed by atoms with E-state index >= 15 is 0 Å². The van der Waals surface area contributed by atoms with Crippen LogP contribution in [0.4, 0.5) is 11.4 Å². The fraction of sp³-hybridized carbons (Fsp3) is 0.318. The van der Waals surface area contributed by atoms with Crippen molar-refractivity contribution >= 4 is 29.1 Å². The molecule has 7 heteroatoms. The number of benzene rings is 2. The molecule has 0 radical (unpaired) electrons. The van der Waals surface area contributed by atoms with E-state index in [2.05, 4.69) is 10.6 Å². The highest BCUT2D eigenvalue weighted by atomic mass is 16.2. The number of carbonyl (C=O) groups is 3. The van der Waals surface area contributed by atoms with Crippen LogP contribution in [-0.4, -0.2) is 55.3 Å².